The molecular formula is C24H21ClF5N7O4. The number of benzene rings is 2. The van der Waals surface area contributed by atoms with E-state index in [2.05, 4.69) is 20.7 Å². The van der Waals surface area contributed by atoms with E-state index in [0.29, 0.717) is 6.07 Å². The number of hydrogen-bond donors (Lipinski definition) is 5. The predicted octanol–water partition coefficient (Wildman–Crippen LogP) is 2.94. The van der Waals surface area contributed by atoms with Crippen molar-refractivity contribution in [3.05, 3.63) is 58.0 Å². The van der Waals surface area contributed by atoms with Crippen LogP contribution < -0.4 is 22.1 Å². The van der Waals surface area contributed by atoms with Crippen LogP contribution in [0.1, 0.15) is 39.9 Å². The molecule has 41 heavy (non-hydrogen) atoms. The minimum atomic E-state index is -5.20. The molecule has 3 aromatic rings. The first-order valence-electron chi connectivity index (χ1n) is 11.7. The minimum absolute atomic E-state index is 0.00650. The Hall–Kier alpha value is -4.47. The fraction of sp³-hybridized carbons (Fsp3) is 0.292. The molecule has 0 aliphatic carbocycles. The van der Waals surface area contributed by atoms with Gasteiger partial charge in [-0.3, -0.25) is 19.1 Å². The smallest absolute Gasteiger partial charge is 0.419 e. The molecule has 11 nitrogen and oxygen atoms in total. The molecule has 0 spiro atoms. The zero-order valence-corrected chi connectivity index (χ0v) is 21.4. The van der Waals surface area contributed by atoms with Crippen LogP contribution in [0.2, 0.25) is 5.02 Å². The minimum Gasteiger partial charge on any atom is -0.481 e. The first-order chi connectivity index (χ1) is 19.2. The van der Waals surface area contributed by atoms with Crippen LogP contribution in [0.3, 0.4) is 0 Å². The van der Waals surface area contributed by atoms with Gasteiger partial charge in [-0.15, -0.1) is 0 Å². The number of rotatable bonds is 8. The van der Waals surface area contributed by atoms with Gasteiger partial charge < -0.3 is 27.2 Å². The van der Waals surface area contributed by atoms with E-state index in [1.165, 1.54) is 18.3 Å². The van der Waals surface area contributed by atoms with Crippen LogP contribution in [0.15, 0.2) is 35.5 Å². The molecule has 0 saturated carbocycles. The number of aromatic nitrogens is 2. The number of primary amides is 2. The second kappa shape index (κ2) is 11.2. The number of fused-ring (bicyclic) bond motifs is 1. The third-order valence-corrected chi connectivity index (χ3v) is 6.58. The molecular weight excluding hydrogens is 581 g/mol. The van der Waals surface area contributed by atoms with Gasteiger partial charge >= 0.3 is 12.1 Å². The number of nitrogens with two attached hydrogens (primary N) is 2. The molecule has 218 valence electrons. The molecule has 2 unspecified atom stereocenters. The highest BCUT2D eigenvalue weighted by molar-refractivity contribution is 6.30. The van der Waals surface area contributed by atoms with Crippen molar-refractivity contribution in [2.24, 2.45) is 16.5 Å². The van der Waals surface area contributed by atoms with E-state index < -0.39 is 70.5 Å². The molecule has 2 amide bonds. The number of carboxylic acid groups (broad SMARTS) is 1. The molecule has 7 N–H and O–H groups in total. The predicted molar refractivity (Wildman–Crippen MR) is 137 cm³/mol. The first-order valence-corrected chi connectivity index (χ1v) is 12.1. The van der Waals surface area contributed by atoms with Crippen molar-refractivity contribution in [3.63, 3.8) is 0 Å². The summed E-state index contributed by atoms with van der Waals surface area (Å²) in [5.41, 5.74) is 8.94. The van der Waals surface area contributed by atoms with Crippen molar-refractivity contribution < 1.29 is 41.4 Å². The molecule has 1 aliphatic heterocycles. The van der Waals surface area contributed by atoms with Crippen molar-refractivity contribution in [3.8, 4) is 0 Å². The largest absolute Gasteiger partial charge is 0.481 e. The van der Waals surface area contributed by atoms with E-state index in [9.17, 15) is 41.4 Å². The van der Waals surface area contributed by atoms with Gasteiger partial charge in [-0.2, -0.15) is 18.3 Å². The lowest BCUT2D eigenvalue weighted by atomic mass is 9.86. The second-order valence-electron chi connectivity index (χ2n) is 9.12. The monoisotopic (exact) mass is 601 g/mol. The summed E-state index contributed by atoms with van der Waals surface area (Å²) in [5, 5.41) is 18.6. The van der Waals surface area contributed by atoms with Crippen molar-refractivity contribution in [1.82, 2.24) is 15.1 Å². The maximum Gasteiger partial charge on any atom is 0.419 e. The number of carbonyl (C=O) groups excluding carboxylic acids is 2. The number of amides is 2. The first kappa shape index (κ1) is 29.5. The van der Waals surface area contributed by atoms with E-state index >= 15 is 0 Å². The standard InChI is InChI=1S/C24H21ClF5N7O4/c25-15-2-9(1-14(19(15)27)24(28,29)30)12(5-18(38)39)20(22(32)41)37-17-4-10(21(31)40)3-16(13(17)8-35-37)36-23-33-6-11(26)7-34-23/h1-4,8,11-12,20H,5-7H2,(H2,31,40)(H2,32,41)(H,38,39)(H2,33,34,36)/t12-,20?/m0/s1. The molecule has 0 radical (unpaired) electrons. The van der Waals surface area contributed by atoms with Crippen molar-refractivity contribution >= 4 is 51.9 Å². The summed E-state index contributed by atoms with van der Waals surface area (Å²) in [6.07, 6.45) is -6.15. The Morgan fingerprint density at radius 3 is 2.49 bits per heavy atom. The molecule has 0 bridgehead atoms. The van der Waals surface area contributed by atoms with E-state index in [0.717, 1.165) is 10.7 Å². The number of carboxylic acids is 1. The van der Waals surface area contributed by atoms with Gasteiger partial charge in [-0.05, 0) is 29.8 Å². The number of hydrogen-bond acceptors (Lipinski definition) is 7. The summed E-state index contributed by atoms with van der Waals surface area (Å²) in [7, 11) is 0. The van der Waals surface area contributed by atoms with Gasteiger partial charge in [0.1, 0.15) is 12.2 Å². The van der Waals surface area contributed by atoms with Gasteiger partial charge in [0.15, 0.2) is 11.8 Å². The number of guanidine groups is 1. The number of nitrogens with zero attached hydrogens (tertiary/aromatic N) is 3. The Balaban J connectivity index is 1.91. The molecule has 0 saturated heterocycles. The fourth-order valence-electron chi connectivity index (χ4n) is 4.46. The molecule has 17 heteroatoms. The van der Waals surface area contributed by atoms with E-state index in [4.69, 9.17) is 23.1 Å². The zero-order chi connectivity index (χ0) is 30.2. The highest BCUT2D eigenvalue weighted by atomic mass is 35.5. The maximum atomic E-state index is 14.3. The number of halogens is 6. The Morgan fingerprint density at radius 1 is 1.22 bits per heavy atom. The highest BCUT2D eigenvalue weighted by Gasteiger charge is 2.39. The van der Waals surface area contributed by atoms with Crippen LogP contribution >= 0.6 is 11.6 Å². The summed E-state index contributed by atoms with van der Waals surface area (Å²) in [4.78, 5) is 40.7. The highest BCUT2D eigenvalue weighted by Crippen LogP contribution is 2.41. The SMILES string of the molecule is NC(=O)c1cc(NC2=NCC(F)CN2)c2cnn(C(C(N)=O)[C@@H](CC(=O)O)c3cc(Cl)c(F)c(C(F)(F)F)c3)c2c1. The van der Waals surface area contributed by atoms with Crippen molar-refractivity contribution in [2.75, 3.05) is 18.4 Å². The third-order valence-electron chi connectivity index (χ3n) is 6.31. The molecule has 3 atom stereocenters. The Labute approximate surface area is 232 Å². The quantitative estimate of drug-likeness (QED) is 0.246. The number of aliphatic carboxylic acids is 1. The van der Waals surface area contributed by atoms with Crippen molar-refractivity contribution in [1.29, 1.82) is 0 Å². The lowest BCUT2D eigenvalue weighted by molar-refractivity contribution is -0.140. The van der Waals surface area contributed by atoms with Gasteiger partial charge in [0.25, 0.3) is 0 Å². The van der Waals surface area contributed by atoms with Crippen LogP contribution in [-0.2, 0) is 15.8 Å². The van der Waals surface area contributed by atoms with Crippen LogP contribution in [-0.4, -0.2) is 57.9 Å². The van der Waals surface area contributed by atoms with Gasteiger partial charge in [0.2, 0.25) is 11.8 Å². The maximum absolute atomic E-state index is 14.3. The van der Waals surface area contributed by atoms with Crippen LogP contribution in [0.5, 0.6) is 0 Å². The van der Waals surface area contributed by atoms with Gasteiger partial charge in [0, 0.05) is 16.9 Å². The summed E-state index contributed by atoms with van der Waals surface area (Å²) in [6.45, 7) is -0.196. The normalized spacial score (nSPS) is 16.9. The Morgan fingerprint density at radius 2 is 1.93 bits per heavy atom. The van der Waals surface area contributed by atoms with Gasteiger partial charge in [-0.1, -0.05) is 11.6 Å². The fourth-order valence-corrected chi connectivity index (χ4v) is 4.69. The number of carbonyl (C=O) groups is 3. The van der Waals surface area contributed by atoms with Crippen LogP contribution in [0.25, 0.3) is 10.9 Å². The molecule has 2 heterocycles. The Bertz CT molecular complexity index is 1580. The van der Waals surface area contributed by atoms with Crippen LogP contribution in [0, 0.1) is 5.82 Å². The lowest BCUT2D eigenvalue weighted by Gasteiger charge is -2.26. The molecule has 1 aromatic heterocycles. The third kappa shape index (κ3) is 6.16. The number of anilines is 1. The summed E-state index contributed by atoms with van der Waals surface area (Å²) < 4.78 is 69.3. The van der Waals surface area contributed by atoms with E-state index in [1.54, 1.807) is 0 Å². The summed E-state index contributed by atoms with van der Waals surface area (Å²) in [5.74, 6) is -6.92. The summed E-state index contributed by atoms with van der Waals surface area (Å²) in [6, 6.07) is 1.90. The molecule has 4 rings (SSSR count). The Kier molecular flexibility index (Phi) is 8.05. The van der Waals surface area contributed by atoms with E-state index in [1.807, 2.05) is 0 Å². The zero-order valence-electron chi connectivity index (χ0n) is 20.7. The molecule has 0 fully saturated rings. The van der Waals surface area contributed by atoms with Crippen LogP contribution in [0.4, 0.5) is 27.6 Å². The van der Waals surface area contributed by atoms with E-state index in [-0.39, 0.29) is 41.2 Å². The van der Waals surface area contributed by atoms with Gasteiger partial charge in [0.05, 0.1) is 47.5 Å². The second-order valence-corrected chi connectivity index (χ2v) is 9.52. The summed E-state index contributed by atoms with van der Waals surface area (Å²) >= 11 is 5.73. The average Bonchev–Trinajstić information content (AvgIpc) is 3.29. The van der Waals surface area contributed by atoms with Crippen molar-refractivity contribution in [2.45, 2.75) is 30.7 Å². The molecule has 1 aliphatic rings. The topological polar surface area (TPSA) is 178 Å². The van der Waals surface area contributed by atoms with Gasteiger partial charge in [-0.25, -0.2) is 13.8 Å². The number of alkyl halides is 4. The lowest BCUT2D eigenvalue weighted by Crippen LogP contribution is -2.41. The molecule has 2 aromatic carbocycles. The average molecular weight is 602 g/mol. The number of aliphatic imine (C=N–C) groups is 1. The number of nitrogens with one attached hydrogen (secondary N) is 2.